The monoisotopic (exact) mass is 222 g/mol. The molecule has 1 heterocycles. The summed E-state index contributed by atoms with van der Waals surface area (Å²) < 4.78 is 1.65. The van der Waals surface area contributed by atoms with Gasteiger partial charge in [-0.05, 0) is 18.8 Å². The summed E-state index contributed by atoms with van der Waals surface area (Å²) in [4.78, 5) is 11.8. The minimum absolute atomic E-state index is 0.0333. The predicted molar refractivity (Wildman–Crippen MR) is 61.8 cm³/mol. The second-order valence-corrected chi connectivity index (χ2v) is 4.45. The van der Waals surface area contributed by atoms with Crippen LogP contribution in [-0.2, 0) is 11.8 Å². The summed E-state index contributed by atoms with van der Waals surface area (Å²) in [5, 5.41) is 6.84. The van der Waals surface area contributed by atoms with Crippen molar-refractivity contribution < 1.29 is 4.79 Å². The molecule has 2 atom stereocenters. The van der Waals surface area contributed by atoms with Crippen LogP contribution in [0.4, 0.5) is 5.82 Å². The first kappa shape index (κ1) is 11.1. The first-order valence-corrected chi connectivity index (χ1v) is 5.70. The normalized spacial score (nSPS) is 24.6. The van der Waals surface area contributed by atoms with E-state index in [9.17, 15) is 4.79 Å². The van der Waals surface area contributed by atoms with Crippen LogP contribution in [0.1, 0.15) is 25.7 Å². The number of hydrogen-bond donors (Lipinski definition) is 2. The van der Waals surface area contributed by atoms with Crippen LogP contribution in [0.3, 0.4) is 0 Å². The van der Waals surface area contributed by atoms with Crippen LogP contribution < -0.4 is 11.1 Å². The first-order chi connectivity index (χ1) is 7.66. The summed E-state index contributed by atoms with van der Waals surface area (Å²) in [6.45, 7) is 0. The Bertz CT molecular complexity index is 374. The summed E-state index contributed by atoms with van der Waals surface area (Å²) in [6, 6.07) is 1.98. The lowest BCUT2D eigenvalue weighted by molar-refractivity contribution is -0.117. The van der Waals surface area contributed by atoms with Gasteiger partial charge < -0.3 is 11.1 Å². The Kier molecular flexibility index (Phi) is 3.24. The Morgan fingerprint density at radius 3 is 3.06 bits per heavy atom. The van der Waals surface area contributed by atoms with Crippen molar-refractivity contribution >= 4 is 11.7 Å². The van der Waals surface area contributed by atoms with Crippen LogP contribution in [0.25, 0.3) is 0 Å². The molecule has 0 spiro atoms. The van der Waals surface area contributed by atoms with Crippen molar-refractivity contribution in [3.63, 3.8) is 0 Å². The van der Waals surface area contributed by atoms with Gasteiger partial charge in [-0.1, -0.05) is 6.42 Å². The third-order valence-corrected chi connectivity index (χ3v) is 3.25. The van der Waals surface area contributed by atoms with E-state index in [1.54, 1.807) is 24.0 Å². The van der Waals surface area contributed by atoms with E-state index in [4.69, 9.17) is 5.73 Å². The van der Waals surface area contributed by atoms with Crippen molar-refractivity contribution in [2.24, 2.45) is 18.7 Å². The number of aromatic nitrogens is 2. The predicted octanol–water partition coefficient (Wildman–Crippen LogP) is 0.876. The second kappa shape index (κ2) is 4.65. The molecule has 1 saturated carbocycles. The molecule has 1 amide bonds. The Labute approximate surface area is 95.0 Å². The summed E-state index contributed by atoms with van der Waals surface area (Å²) in [6.07, 6.45) is 5.44. The van der Waals surface area contributed by atoms with E-state index in [-0.39, 0.29) is 11.9 Å². The maximum Gasteiger partial charge on any atom is 0.225 e. The lowest BCUT2D eigenvalue weighted by Gasteiger charge is -2.14. The van der Waals surface area contributed by atoms with E-state index in [2.05, 4.69) is 10.4 Å². The van der Waals surface area contributed by atoms with E-state index in [0.29, 0.717) is 12.3 Å². The van der Waals surface area contributed by atoms with Crippen molar-refractivity contribution in [2.45, 2.75) is 31.7 Å². The maximum absolute atomic E-state index is 11.8. The summed E-state index contributed by atoms with van der Waals surface area (Å²) in [5.74, 6) is 1.11. The molecule has 0 aromatic carbocycles. The minimum Gasteiger partial charge on any atom is -0.327 e. The molecule has 5 nitrogen and oxygen atoms in total. The molecular weight excluding hydrogens is 204 g/mol. The molecule has 88 valence electrons. The van der Waals surface area contributed by atoms with Gasteiger partial charge in [0, 0.05) is 25.6 Å². The summed E-state index contributed by atoms with van der Waals surface area (Å²) in [7, 11) is 1.80. The maximum atomic E-state index is 11.8. The zero-order chi connectivity index (χ0) is 11.5. The number of rotatable bonds is 3. The molecule has 0 bridgehead atoms. The van der Waals surface area contributed by atoms with Gasteiger partial charge in [-0.15, -0.1) is 0 Å². The largest absolute Gasteiger partial charge is 0.327 e. The number of carbonyl (C=O) groups is 1. The summed E-state index contributed by atoms with van der Waals surface area (Å²) in [5.41, 5.74) is 5.93. The van der Waals surface area contributed by atoms with Crippen molar-refractivity contribution in [3.8, 4) is 0 Å². The SMILES string of the molecule is Cn1nccc1NC(=O)C[C@@H]1CCC[C@H]1N. The Morgan fingerprint density at radius 2 is 2.50 bits per heavy atom. The van der Waals surface area contributed by atoms with Crippen molar-refractivity contribution in [1.82, 2.24) is 9.78 Å². The number of nitrogens with two attached hydrogens (primary N) is 1. The number of nitrogens with one attached hydrogen (secondary N) is 1. The highest BCUT2D eigenvalue weighted by atomic mass is 16.1. The van der Waals surface area contributed by atoms with Crippen molar-refractivity contribution in [2.75, 3.05) is 5.32 Å². The van der Waals surface area contributed by atoms with Gasteiger partial charge in [0.05, 0.1) is 6.20 Å². The van der Waals surface area contributed by atoms with E-state index < -0.39 is 0 Å². The number of anilines is 1. The molecule has 0 radical (unpaired) electrons. The van der Waals surface area contributed by atoms with Gasteiger partial charge in [0.2, 0.25) is 5.91 Å². The van der Waals surface area contributed by atoms with Gasteiger partial charge >= 0.3 is 0 Å². The topological polar surface area (TPSA) is 72.9 Å². The van der Waals surface area contributed by atoms with Crippen molar-refractivity contribution in [1.29, 1.82) is 0 Å². The molecule has 0 aliphatic heterocycles. The van der Waals surface area contributed by atoms with Gasteiger partial charge in [-0.25, -0.2) is 0 Å². The molecule has 1 aromatic heterocycles. The quantitative estimate of drug-likeness (QED) is 0.797. The molecule has 1 fully saturated rings. The number of aryl methyl sites for hydroxylation is 1. The highest BCUT2D eigenvalue weighted by Gasteiger charge is 2.26. The molecule has 2 rings (SSSR count). The van der Waals surface area contributed by atoms with Gasteiger partial charge in [0.15, 0.2) is 0 Å². The zero-order valence-corrected chi connectivity index (χ0v) is 9.52. The number of amides is 1. The average Bonchev–Trinajstić information content (AvgIpc) is 2.79. The fourth-order valence-electron chi connectivity index (χ4n) is 2.25. The van der Waals surface area contributed by atoms with Gasteiger partial charge in [0.1, 0.15) is 5.82 Å². The molecule has 0 saturated heterocycles. The Hall–Kier alpha value is -1.36. The van der Waals surface area contributed by atoms with E-state index >= 15 is 0 Å². The highest BCUT2D eigenvalue weighted by Crippen LogP contribution is 2.27. The second-order valence-electron chi connectivity index (χ2n) is 4.45. The number of carbonyl (C=O) groups excluding carboxylic acids is 1. The molecule has 1 aliphatic carbocycles. The van der Waals surface area contributed by atoms with Crippen molar-refractivity contribution in [3.05, 3.63) is 12.3 Å². The fraction of sp³-hybridized carbons (Fsp3) is 0.636. The molecule has 1 aromatic rings. The van der Waals surface area contributed by atoms with Gasteiger partial charge in [-0.2, -0.15) is 5.10 Å². The smallest absolute Gasteiger partial charge is 0.225 e. The molecule has 5 heteroatoms. The first-order valence-electron chi connectivity index (χ1n) is 5.70. The average molecular weight is 222 g/mol. The third kappa shape index (κ3) is 2.41. The van der Waals surface area contributed by atoms with Crippen LogP contribution in [0.15, 0.2) is 12.3 Å². The number of nitrogens with zero attached hydrogens (tertiary/aromatic N) is 2. The Balaban J connectivity index is 1.87. The summed E-state index contributed by atoms with van der Waals surface area (Å²) >= 11 is 0. The van der Waals surface area contributed by atoms with Crippen LogP contribution in [0.2, 0.25) is 0 Å². The molecular formula is C11H18N4O. The Morgan fingerprint density at radius 1 is 1.69 bits per heavy atom. The lowest BCUT2D eigenvalue weighted by Crippen LogP contribution is -2.28. The van der Waals surface area contributed by atoms with Gasteiger partial charge in [-0.3, -0.25) is 9.48 Å². The van der Waals surface area contributed by atoms with E-state index in [1.165, 1.54) is 0 Å². The minimum atomic E-state index is 0.0333. The standard InChI is InChI=1S/C11H18N4O/c1-15-10(5-6-13-15)14-11(16)7-8-3-2-4-9(8)12/h5-6,8-9H,2-4,7,12H2,1H3,(H,14,16)/t8-,9+/m0/s1. The van der Waals surface area contributed by atoms with E-state index in [1.807, 2.05) is 0 Å². The zero-order valence-electron chi connectivity index (χ0n) is 9.52. The molecule has 16 heavy (non-hydrogen) atoms. The molecule has 1 aliphatic rings. The third-order valence-electron chi connectivity index (χ3n) is 3.25. The highest BCUT2D eigenvalue weighted by molar-refractivity contribution is 5.90. The van der Waals surface area contributed by atoms with Crippen LogP contribution in [0.5, 0.6) is 0 Å². The fourth-order valence-corrected chi connectivity index (χ4v) is 2.25. The van der Waals surface area contributed by atoms with Crippen LogP contribution in [-0.4, -0.2) is 21.7 Å². The van der Waals surface area contributed by atoms with E-state index in [0.717, 1.165) is 25.1 Å². The molecule has 3 N–H and O–H groups in total. The van der Waals surface area contributed by atoms with Crippen LogP contribution >= 0.6 is 0 Å². The van der Waals surface area contributed by atoms with Gasteiger partial charge in [0.25, 0.3) is 0 Å². The molecule has 0 unspecified atom stereocenters. The number of hydrogen-bond acceptors (Lipinski definition) is 3. The van der Waals surface area contributed by atoms with Crippen LogP contribution in [0, 0.1) is 5.92 Å². The lowest BCUT2D eigenvalue weighted by atomic mass is 10.00.